The predicted molar refractivity (Wildman–Crippen MR) is 240 cm³/mol. The Bertz CT molecular complexity index is 2870. The fourth-order valence-corrected chi connectivity index (χ4v) is 14.1. The third kappa shape index (κ3) is 5.97. The molecule has 4 heteroatoms. The van der Waals surface area contributed by atoms with Gasteiger partial charge in [0.05, 0.1) is 5.69 Å². The van der Waals surface area contributed by atoms with Gasteiger partial charge in [-0.05, 0) is 61.2 Å². The molecular weight excluding hydrogens is 713 g/mol. The first-order valence-electron chi connectivity index (χ1n) is 19.0. The van der Waals surface area contributed by atoms with Crippen molar-refractivity contribution in [1.29, 1.82) is 0 Å². The van der Waals surface area contributed by atoms with E-state index in [0.29, 0.717) is 0 Å². The van der Waals surface area contributed by atoms with E-state index in [-0.39, 0.29) is 0 Å². The molecule has 0 N–H and O–H groups in total. The van der Waals surface area contributed by atoms with E-state index in [4.69, 9.17) is 9.97 Å². The van der Waals surface area contributed by atoms with Crippen LogP contribution in [0.25, 0.3) is 65.2 Å². The molecule has 0 aliphatic carbocycles. The molecule has 0 aliphatic heterocycles. The van der Waals surface area contributed by atoms with Crippen molar-refractivity contribution in [2.75, 3.05) is 0 Å². The third-order valence-electron chi connectivity index (χ3n) is 10.9. The van der Waals surface area contributed by atoms with E-state index >= 15 is 0 Å². The Balaban J connectivity index is 1.13. The van der Waals surface area contributed by atoms with Gasteiger partial charge in [-0.15, -0.1) is 11.3 Å². The second-order valence-corrected chi connectivity index (χ2v) is 19.0. The highest BCUT2D eigenvalue weighted by atomic mass is 32.1. The standard InChI is InChI=1S/C52H36N2SSi/c1-5-18-37(19-6-1)38-20-15-23-41(34-38)50-49-47-32-13-14-33-48(47)55-52(49)54-51(53-50)42-24-16-21-39(35-42)40-22-17-31-46(36-40)56(43-25-7-2-8-26-43,44-27-9-3-10-28-44)45-29-11-4-12-30-45/h1-36H. The van der Waals surface area contributed by atoms with Gasteiger partial charge >= 0.3 is 0 Å². The maximum atomic E-state index is 5.41. The van der Waals surface area contributed by atoms with Gasteiger partial charge in [0.15, 0.2) is 13.9 Å². The topological polar surface area (TPSA) is 25.8 Å². The van der Waals surface area contributed by atoms with Crippen LogP contribution in [0.4, 0.5) is 0 Å². The van der Waals surface area contributed by atoms with Gasteiger partial charge in [-0.25, -0.2) is 9.97 Å². The van der Waals surface area contributed by atoms with Crippen molar-refractivity contribution in [3.8, 4) is 44.9 Å². The molecule has 0 atom stereocenters. The molecule has 0 unspecified atom stereocenters. The molecule has 0 aliphatic rings. The van der Waals surface area contributed by atoms with Crippen LogP contribution in [0.15, 0.2) is 218 Å². The third-order valence-corrected chi connectivity index (χ3v) is 16.7. The highest BCUT2D eigenvalue weighted by Crippen LogP contribution is 2.40. The molecular formula is C52H36N2SSi. The van der Waals surface area contributed by atoms with Gasteiger partial charge in [0.2, 0.25) is 0 Å². The van der Waals surface area contributed by atoms with E-state index in [9.17, 15) is 0 Å². The Morgan fingerprint density at radius 2 is 0.786 bits per heavy atom. The Morgan fingerprint density at radius 3 is 1.43 bits per heavy atom. The second-order valence-electron chi connectivity index (χ2n) is 14.1. The fourth-order valence-electron chi connectivity index (χ4n) is 8.27. The van der Waals surface area contributed by atoms with E-state index in [2.05, 4.69) is 218 Å². The molecule has 0 saturated carbocycles. The second kappa shape index (κ2) is 14.5. The zero-order chi connectivity index (χ0) is 37.3. The summed E-state index contributed by atoms with van der Waals surface area (Å²) in [6.45, 7) is 0. The summed E-state index contributed by atoms with van der Waals surface area (Å²) in [5, 5.41) is 7.71. The lowest BCUT2D eigenvalue weighted by Gasteiger charge is -2.34. The average molecular weight is 749 g/mol. The van der Waals surface area contributed by atoms with Gasteiger partial charge in [0.25, 0.3) is 0 Å². The quantitative estimate of drug-likeness (QED) is 0.114. The van der Waals surface area contributed by atoms with Crippen LogP contribution in [0.3, 0.4) is 0 Å². The van der Waals surface area contributed by atoms with E-state index in [1.165, 1.54) is 47.5 Å². The lowest BCUT2D eigenvalue weighted by molar-refractivity contribution is 1.24. The van der Waals surface area contributed by atoms with Crippen LogP contribution in [-0.2, 0) is 0 Å². The van der Waals surface area contributed by atoms with Gasteiger partial charge in [0.1, 0.15) is 4.83 Å². The molecule has 2 nitrogen and oxygen atoms in total. The van der Waals surface area contributed by atoms with Crippen molar-refractivity contribution in [3.63, 3.8) is 0 Å². The van der Waals surface area contributed by atoms with Crippen LogP contribution in [0.5, 0.6) is 0 Å². The maximum absolute atomic E-state index is 5.41. The van der Waals surface area contributed by atoms with Crippen molar-refractivity contribution in [3.05, 3.63) is 218 Å². The fraction of sp³-hybridized carbons (Fsp3) is 0. The van der Waals surface area contributed by atoms with E-state index in [1.54, 1.807) is 11.3 Å². The molecule has 0 bridgehead atoms. The van der Waals surface area contributed by atoms with Crippen molar-refractivity contribution >= 4 is 60.5 Å². The number of aromatic nitrogens is 2. The molecule has 264 valence electrons. The Morgan fingerprint density at radius 1 is 0.339 bits per heavy atom. The summed E-state index contributed by atoms with van der Waals surface area (Å²) in [5.41, 5.74) is 7.68. The Labute approximate surface area is 332 Å². The normalized spacial score (nSPS) is 11.6. The highest BCUT2D eigenvalue weighted by Gasteiger charge is 2.41. The Hall–Kier alpha value is -6.72. The maximum Gasteiger partial charge on any atom is 0.179 e. The van der Waals surface area contributed by atoms with Gasteiger partial charge in [-0.2, -0.15) is 0 Å². The van der Waals surface area contributed by atoms with Crippen molar-refractivity contribution < 1.29 is 0 Å². The molecule has 0 fully saturated rings. The first-order valence-corrected chi connectivity index (χ1v) is 21.8. The predicted octanol–water partition coefficient (Wildman–Crippen LogP) is 10.9. The minimum absolute atomic E-state index is 0.726. The number of thiophene rings is 1. The summed E-state index contributed by atoms with van der Waals surface area (Å²) >= 11 is 1.73. The molecule has 0 spiro atoms. The minimum Gasteiger partial charge on any atom is -0.227 e. The van der Waals surface area contributed by atoms with Crippen LogP contribution >= 0.6 is 11.3 Å². The highest BCUT2D eigenvalue weighted by molar-refractivity contribution is 7.25. The molecule has 56 heavy (non-hydrogen) atoms. The lowest BCUT2D eigenvalue weighted by Crippen LogP contribution is -2.74. The Kier molecular flexibility index (Phi) is 8.75. The summed E-state index contributed by atoms with van der Waals surface area (Å²) in [4.78, 5) is 11.7. The average Bonchev–Trinajstić information content (AvgIpc) is 3.67. The van der Waals surface area contributed by atoms with Crippen LogP contribution in [0.2, 0.25) is 0 Å². The summed E-state index contributed by atoms with van der Waals surface area (Å²) in [6, 6.07) is 79.1. The van der Waals surface area contributed by atoms with Crippen LogP contribution in [0.1, 0.15) is 0 Å². The number of nitrogens with zero attached hydrogens (tertiary/aromatic N) is 2. The number of hydrogen-bond acceptors (Lipinski definition) is 3. The van der Waals surface area contributed by atoms with Gasteiger partial charge in [-0.1, -0.05) is 200 Å². The molecule has 0 saturated heterocycles. The van der Waals surface area contributed by atoms with E-state index < -0.39 is 8.07 Å². The molecule has 8 aromatic carbocycles. The SMILES string of the molecule is c1ccc(-c2cccc(-c3nc(-c4cccc(-c5cccc([Si](c6ccccc6)(c6ccccc6)c6ccccc6)c5)c4)nc4sc5ccccc5c34)c2)cc1. The number of fused-ring (bicyclic) bond motifs is 3. The van der Waals surface area contributed by atoms with Crippen LogP contribution < -0.4 is 20.7 Å². The molecule has 2 heterocycles. The lowest BCUT2D eigenvalue weighted by atomic mass is 9.99. The molecule has 2 aromatic heterocycles. The summed E-state index contributed by atoms with van der Waals surface area (Å²) in [5.74, 6) is 0.726. The largest absolute Gasteiger partial charge is 0.227 e. The monoisotopic (exact) mass is 748 g/mol. The van der Waals surface area contributed by atoms with Crippen molar-refractivity contribution in [2.45, 2.75) is 0 Å². The number of rotatable bonds is 8. The summed E-state index contributed by atoms with van der Waals surface area (Å²) in [6.07, 6.45) is 0. The molecule has 0 amide bonds. The summed E-state index contributed by atoms with van der Waals surface area (Å²) < 4.78 is 1.21. The zero-order valence-corrected chi connectivity index (χ0v) is 32.4. The van der Waals surface area contributed by atoms with Gasteiger partial charge < -0.3 is 0 Å². The molecule has 10 aromatic rings. The molecule has 10 rings (SSSR count). The zero-order valence-electron chi connectivity index (χ0n) is 30.6. The van der Waals surface area contributed by atoms with Gasteiger partial charge in [-0.3, -0.25) is 0 Å². The molecule has 0 radical (unpaired) electrons. The number of benzene rings is 8. The minimum atomic E-state index is -2.69. The van der Waals surface area contributed by atoms with Gasteiger partial charge in [0, 0.05) is 26.6 Å². The van der Waals surface area contributed by atoms with E-state index in [0.717, 1.165) is 38.4 Å². The number of hydrogen-bond donors (Lipinski definition) is 0. The first kappa shape index (κ1) is 33.8. The van der Waals surface area contributed by atoms with Crippen molar-refractivity contribution in [1.82, 2.24) is 9.97 Å². The summed E-state index contributed by atoms with van der Waals surface area (Å²) in [7, 11) is -2.69. The smallest absolute Gasteiger partial charge is 0.179 e. The van der Waals surface area contributed by atoms with E-state index in [1.807, 2.05) is 0 Å². The van der Waals surface area contributed by atoms with Crippen LogP contribution in [-0.4, -0.2) is 18.0 Å². The van der Waals surface area contributed by atoms with Crippen LogP contribution in [0, 0.1) is 0 Å². The van der Waals surface area contributed by atoms with Crippen molar-refractivity contribution in [2.24, 2.45) is 0 Å². The first-order chi connectivity index (χ1) is 27.8.